The van der Waals surface area contributed by atoms with Crippen molar-refractivity contribution >= 4 is 33.5 Å². The average Bonchev–Trinajstić information content (AvgIpc) is 3.08. The summed E-state index contributed by atoms with van der Waals surface area (Å²) in [6.07, 6.45) is 1.89. The second-order valence-electron chi connectivity index (χ2n) is 6.79. The maximum absolute atomic E-state index is 12.6. The number of halogens is 1. The van der Waals surface area contributed by atoms with E-state index in [4.69, 9.17) is 10.3 Å². The molecule has 28 heavy (non-hydrogen) atoms. The van der Waals surface area contributed by atoms with Gasteiger partial charge in [-0.05, 0) is 29.5 Å². The minimum absolute atomic E-state index is 0. The number of nitrogens with one attached hydrogen (secondary N) is 1. The summed E-state index contributed by atoms with van der Waals surface area (Å²) < 4.78 is 32.9. The van der Waals surface area contributed by atoms with Crippen molar-refractivity contribution in [3.8, 4) is 0 Å². The van der Waals surface area contributed by atoms with E-state index < -0.39 is 16.1 Å². The Morgan fingerprint density at radius 2 is 1.82 bits per heavy atom. The summed E-state index contributed by atoms with van der Waals surface area (Å²) >= 11 is 0. The van der Waals surface area contributed by atoms with Gasteiger partial charge in [-0.25, -0.2) is 18.1 Å². The summed E-state index contributed by atoms with van der Waals surface area (Å²) in [4.78, 5) is 4.11. The van der Waals surface area contributed by atoms with Gasteiger partial charge in [0.15, 0.2) is 0 Å². The summed E-state index contributed by atoms with van der Waals surface area (Å²) in [5, 5.41) is 4.50. The molecule has 1 atom stereocenters. The molecule has 1 aromatic carbocycles. The van der Waals surface area contributed by atoms with Crippen LogP contribution in [-0.2, 0) is 16.4 Å². The van der Waals surface area contributed by atoms with Gasteiger partial charge in [-0.1, -0.05) is 50.2 Å². The first-order valence-electron chi connectivity index (χ1n) is 8.91. The van der Waals surface area contributed by atoms with Gasteiger partial charge in [0.1, 0.15) is 4.90 Å². The summed E-state index contributed by atoms with van der Waals surface area (Å²) in [6.45, 7) is 6.24. The maximum Gasteiger partial charge on any atom is 0.258 e. The van der Waals surface area contributed by atoms with Gasteiger partial charge >= 0.3 is 0 Å². The van der Waals surface area contributed by atoms with Gasteiger partial charge in [0, 0.05) is 12.6 Å². The lowest BCUT2D eigenvalue weighted by atomic mass is 9.99. The highest BCUT2D eigenvalue weighted by molar-refractivity contribution is 7.89. The minimum atomic E-state index is -3.74. The molecule has 0 saturated carbocycles. The molecule has 2 aromatic heterocycles. The molecule has 3 rings (SSSR count). The van der Waals surface area contributed by atoms with Crippen LogP contribution in [0.1, 0.15) is 49.6 Å². The van der Waals surface area contributed by atoms with Crippen molar-refractivity contribution in [2.24, 2.45) is 5.73 Å². The Hall–Kier alpha value is -2.00. The molecule has 0 saturated heterocycles. The Morgan fingerprint density at radius 3 is 2.43 bits per heavy atom. The molecule has 2 heterocycles. The van der Waals surface area contributed by atoms with Crippen LogP contribution in [0.2, 0.25) is 0 Å². The second-order valence-corrected chi connectivity index (χ2v) is 8.55. The molecular formula is C19H25ClN4O3S. The number of hydrogen-bond acceptors (Lipinski definition) is 6. The Balaban J connectivity index is 0.00000280. The first-order chi connectivity index (χ1) is 12.8. The van der Waals surface area contributed by atoms with Crippen molar-refractivity contribution in [2.75, 3.05) is 6.54 Å². The van der Waals surface area contributed by atoms with Crippen LogP contribution in [0.5, 0.6) is 0 Å². The summed E-state index contributed by atoms with van der Waals surface area (Å²) in [6, 6.07) is 9.00. The molecule has 0 fully saturated rings. The lowest BCUT2D eigenvalue weighted by Gasteiger charge is -2.15. The third kappa shape index (κ3) is 4.70. The van der Waals surface area contributed by atoms with E-state index in [9.17, 15) is 8.42 Å². The first-order valence-corrected chi connectivity index (χ1v) is 10.4. The topological polar surface area (TPSA) is 111 Å². The molecule has 152 valence electrons. The molecular weight excluding hydrogens is 400 g/mol. The highest BCUT2D eigenvalue weighted by atomic mass is 35.5. The van der Waals surface area contributed by atoms with Gasteiger partial charge in [-0.2, -0.15) is 0 Å². The van der Waals surface area contributed by atoms with Crippen molar-refractivity contribution in [1.82, 2.24) is 14.9 Å². The molecule has 0 aliphatic rings. The van der Waals surface area contributed by atoms with E-state index in [-0.39, 0.29) is 23.8 Å². The van der Waals surface area contributed by atoms with Crippen molar-refractivity contribution < 1.29 is 12.9 Å². The highest BCUT2D eigenvalue weighted by Gasteiger charge is 2.19. The molecule has 0 spiro atoms. The van der Waals surface area contributed by atoms with Crippen LogP contribution in [0.15, 0.2) is 45.9 Å². The Bertz CT molecular complexity index is 1030. The summed E-state index contributed by atoms with van der Waals surface area (Å²) in [5.41, 5.74) is 9.25. The fourth-order valence-corrected chi connectivity index (χ4v) is 3.82. The summed E-state index contributed by atoms with van der Waals surface area (Å²) in [7, 11) is -3.74. The lowest BCUT2D eigenvalue weighted by molar-refractivity contribution is 0.439. The standard InChI is InChI=1S/C19H24N4O3S.ClH/c1-4-18-16-9-15(10-21-19(16)26-23-18)27(24,25)22-11-17(20)14-7-5-13(6-8-14)12(2)3;/h5-10,12,17,22H,4,11,20H2,1-3H3;1H. The lowest BCUT2D eigenvalue weighted by Crippen LogP contribution is -2.32. The number of pyridine rings is 1. The quantitative estimate of drug-likeness (QED) is 0.601. The molecule has 0 radical (unpaired) electrons. The number of sulfonamides is 1. The van der Waals surface area contributed by atoms with E-state index in [1.54, 1.807) is 0 Å². The number of aryl methyl sites for hydroxylation is 1. The van der Waals surface area contributed by atoms with Crippen molar-refractivity contribution in [3.05, 3.63) is 53.3 Å². The average molecular weight is 425 g/mol. The molecule has 0 aliphatic carbocycles. The monoisotopic (exact) mass is 424 g/mol. The largest absolute Gasteiger partial charge is 0.336 e. The third-order valence-electron chi connectivity index (χ3n) is 4.55. The van der Waals surface area contributed by atoms with Crippen molar-refractivity contribution in [3.63, 3.8) is 0 Å². The van der Waals surface area contributed by atoms with Gasteiger partial charge in [0.2, 0.25) is 10.0 Å². The fraction of sp³-hybridized carbons (Fsp3) is 0.368. The first kappa shape index (κ1) is 22.3. The highest BCUT2D eigenvalue weighted by Crippen LogP contribution is 2.21. The molecule has 0 aliphatic heterocycles. The number of nitrogens with two attached hydrogens (primary N) is 1. The van der Waals surface area contributed by atoms with Gasteiger partial charge in [0.25, 0.3) is 5.71 Å². The van der Waals surface area contributed by atoms with Crippen LogP contribution in [0.3, 0.4) is 0 Å². The van der Waals surface area contributed by atoms with Crippen LogP contribution in [0.25, 0.3) is 11.1 Å². The number of aromatic nitrogens is 2. The fourth-order valence-electron chi connectivity index (χ4n) is 2.79. The molecule has 0 bridgehead atoms. The van der Waals surface area contributed by atoms with Crippen LogP contribution in [-0.4, -0.2) is 25.1 Å². The van der Waals surface area contributed by atoms with Crippen molar-refractivity contribution in [1.29, 1.82) is 0 Å². The molecule has 3 N–H and O–H groups in total. The van der Waals surface area contributed by atoms with E-state index in [0.717, 1.165) is 5.56 Å². The van der Waals surface area contributed by atoms with E-state index in [1.807, 2.05) is 31.2 Å². The molecule has 9 heteroatoms. The molecule has 0 amide bonds. The normalized spacial score (nSPS) is 12.9. The molecule has 3 aromatic rings. The van der Waals surface area contributed by atoms with Crippen LogP contribution < -0.4 is 10.5 Å². The van der Waals surface area contributed by atoms with E-state index in [2.05, 4.69) is 28.7 Å². The SMILES string of the molecule is CCc1noc2ncc(S(=O)(=O)NCC(N)c3ccc(C(C)C)cc3)cc12.Cl. The Labute approximate surface area is 171 Å². The zero-order valence-corrected chi connectivity index (χ0v) is 17.7. The molecule has 7 nitrogen and oxygen atoms in total. The molecule has 1 unspecified atom stereocenters. The van der Waals surface area contributed by atoms with Gasteiger partial charge < -0.3 is 10.3 Å². The van der Waals surface area contributed by atoms with Crippen molar-refractivity contribution in [2.45, 2.75) is 44.0 Å². The zero-order chi connectivity index (χ0) is 19.6. The van der Waals surface area contributed by atoms with E-state index in [0.29, 0.717) is 29.1 Å². The number of fused-ring (bicyclic) bond motifs is 1. The van der Waals surface area contributed by atoms with Gasteiger partial charge in [-0.15, -0.1) is 12.4 Å². The predicted octanol–water partition coefficient (Wildman–Crippen LogP) is 3.31. The van der Waals surface area contributed by atoms with E-state index in [1.165, 1.54) is 17.8 Å². The zero-order valence-electron chi connectivity index (χ0n) is 16.0. The number of hydrogen-bond donors (Lipinski definition) is 2. The number of rotatable bonds is 7. The van der Waals surface area contributed by atoms with Gasteiger partial charge in [-0.3, -0.25) is 0 Å². The smallest absolute Gasteiger partial charge is 0.258 e. The predicted molar refractivity (Wildman–Crippen MR) is 111 cm³/mol. The second kappa shape index (κ2) is 9.00. The van der Waals surface area contributed by atoms with E-state index >= 15 is 0 Å². The Morgan fingerprint density at radius 1 is 1.18 bits per heavy atom. The third-order valence-corrected chi connectivity index (χ3v) is 5.94. The van der Waals surface area contributed by atoms with Gasteiger partial charge in [0.05, 0.1) is 17.3 Å². The minimum Gasteiger partial charge on any atom is -0.336 e. The number of benzene rings is 1. The van der Waals surface area contributed by atoms with Crippen LogP contribution >= 0.6 is 12.4 Å². The number of nitrogens with zero attached hydrogens (tertiary/aromatic N) is 2. The Kier molecular flexibility index (Phi) is 7.16. The summed E-state index contributed by atoms with van der Waals surface area (Å²) in [5.74, 6) is 0.432. The van der Waals surface area contributed by atoms with Crippen LogP contribution in [0.4, 0.5) is 0 Å². The maximum atomic E-state index is 12.6. The van der Waals surface area contributed by atoms with Crippen LogP contribution in [0, 0.1) is 0 Å².